The Labute approximate surface area is 110 Å². The van der Waals surface area contributed by atoms with Crippen LogP contribution in [0.4, 0.5) is 4.39 Å². The normalized spacial score (nSPS) is 11.0. The van der Waals surface area contributed by atoms with Crippen molar-refractivity contribution >= 4 is 22.7 Å². The lowest BCUT2D eigenvalue weighted by atomic mass is 10.1. The predicted octanol–water partition coefficient (Wildman–Crippen LogP) is 2.58. The van der Waals surface area contributed by atoms with Gasteiger partial charge in [-0.3, -0.25) is 14.2 Å². The molecule has 0 atom stereocenters. The summed E-state index contributed by atoms with van der Waals surface area (Å²) in [6.45, 7) is 5.07. The second-order valence-electron chi connectivity index (χ2n) is 4.72. The highest BCUT2D eigenvalue weighted by Crippen LogP contribution is 2.22. The van der Waals surface area contributed by atoms with Crippen LogP contribution in [-0.4, -0.2) is 22.4 Å². The van der Waals surface area contributed by atoms with Crippen molar-refractivity contribution in [1.82, 2.24) is 9.88 Å². The van der Waals surface area contributed by atoms with Crippen LogP contribution in [0, 0.1) is 5.82 Å². The Morgan fingerprint density at radius 3 is 2.58 bits per heavy atom. The molecule has 0 saturated carbocycles. The fourth-order valence-electron chi connectivity index (χ4n) is 1.98. The van der Waals surface area contributed by atoms with Crippen molar-refractivity contribution in [3.8, 4) is 0 Å². The van der Waals surface area contributed by atoms with E-state index in [1.807, 2.05) is 13.8 Å². The number of benzene rings is 1. The number of carbonyl (C=O) groups is 2. The Morgan fingerprint density at radius 1 is 1.32 bits per heavy atom. The van der Waals surface area contributed by atoms with Crippen molar-refractivity contribution in [2.45, 2.75) is 26.8 Å². The van der Waals surface area contributed by atoms with Crippen LogP contribution in [0.25, 0.3) is 10.9 Å². The Kier molecular flexibility index (Phi) is 3.38. The average molecular weight is 262 g/mol. The fraction of sp³-hybridized carbons (Fsp3) is 0.286. The third kappa shape index (κ3) is 2.50. The lowest BCUT2D eigenvalue weighted by Crippen LogP contribution is -2.29. The minimum Gasteiger partial charge on any atom is -0.350 e. The summed E-state index contributed by atoms with van der Waals surface area (Å²) >= 11 is 0. The molecule has 1 aromatic carbocycles. The van der Waals surface area contributed by atoms with Crippen molar-refractivity contribution in [2.24, 2.45) is 0 Å². The number of carbonyl (C=O) groups excluding carboxylic acids is 2. The molecule has 0 radical (unpaired) electrons. The number of aromatic nitrogens is 1. The number of hydrogen-bond acceptors (Lipinski definition) is 2. The van der Waals surface area contributed by atoms with Crippen LogP contribution in [-0.2, 0) is 0 Å². The molecule has 0 unspecified atom stereocenters. The Bertz CT molecular complexity index is 659. The highest BCUT2D eigenvalue weighted by atomic mass is 19.1. The molecular weight excluding hydrogens is 247 g/mol. The Hall–Kier alpha value is -2.17. The Balaban J connectivity index is 2.63. The van der Waals surface area contributed by atoms with E-state index in [0.29, 0.717) is 16.5 Å². The summed E-state index contributed by atoms with van der Waals surface area (Å²) in [5.74, 6) is -0.974. The van der Waals surface area contributed by atoms with Gasteiger partial charge in [0.1, 0.15) is 5.82 Å². The number of fused-ring (bicyclic) bond motifs is 1. The summed E-state index contributed by atoms with van der Waals surface area (Å²) < 4.78 is 14.7. The van der Waals surface area contributed by atoms with Gasteiger partial charge in [-0.2, -0.15) is 0 Å². The molecule has 0 fully saturated rings. The monoisotopic (exact) mass is 262 g/mol. The highest BCUT2D eigenvalue weighted by molar-refractivity contribution is 6.09. The molecule has 5 heteroatoms. The van der Waals surface area contributed by atoms with Crippen molar-refractivity contribution in [3.63, 3.8) is 0 Å². The van der Waals surface area contributed by atoms with Gasteiger partial charge in [0.05, 0.1) is 11.1 Å². The van der Waals surface area contributed by atoms with Gasteiger partial charge in [-0.1, -0.05) is 0 Å². The second kappa shape index (κ2) is 4.84. The summed E-state index contributed by atoms with van der Waals surface area (Å²) in [5, 5.41) is 3.18. The first-order valence-corrected chi connectivity index (χ1v) is 6.02. The summed E-state index contributed by atoms with van der Waals surface area (Å²) in [6.07, 6.45) is 1.45. The number of nitrogens with one attached hydrogen (secondary N) is 1. The average Bonchev–Trinajstić information content (AvgIpc) is 2.66. The smallest absolute Gasteiger partial charge is 0.253 e. The van der Waals surface area contributed by atoms with Crippen molar-refractivity contribution in [2.75, 3.05) is 0 Å². The van der Waals surface area contributed by atoms with Crippen LogP contribution >= 0.6 is 0 Å². The van der Waals surface area contributed by atoms with E-state index in [1.165, 1.54) is 35.9 Å². The van der Waals surface area contributed by atoms with E-state index in [2.05, 4.69) is 5.32 Å². The minimum absolute atomic E-state index is 0.0308. The summed E-state index contributed by atoms with van der Waals surface area (Å²) in [5.41, 5.74) is 0.834. The van der Waals surface area contributed by atoms with Crippen molar-refractivity contribution in [1.29, 1.82) is 0 Å². The van der Waals surface area contributed by atoms with Crippen LogP contribution in [0.5, 0.6) is 0 Å². The predicted molar refractivity (Wildman–Crippen MR) is 70.8 cm³/mol. The first kappa shape index (κ1) is 13.3. The number of amides is 1. The van der Waals surface area contributed by atoms with Crippen LogP contribution in [0.2, 0.25) is 0 Å². The largest absolute Gasteiger partial charge is 0.350 e. The number of hydrogen-bond donors (Lipinski definition) is 1. The summed E-state index contributed by atoms with van der Waals surface area (Å²) in [7, 11) is 0. The molecule has 2 aromatic rings. The van der Waals surface area contributed by atoms with Gasteiger partial charge in [0.25, 0.3) is 5.91 Å². The van der Waals surface area contributed by atoms with Crippen molar-refractivity contribution in [3.05, 3.63) is 35.8 Å². The molecule has 0 saturated heterocycles. The molecule has 100 valence electrons. The van der Waals surface area contributed by atoms with Gasteiger partial charge in [-0.15, -0.1) is 0 Å². The van der Waals surface area contributed by atoms with Gasteiger partial charge >= 0.3 is 0 Å². The first-order valence-electron chi connectivity index (χ1n) is 6.02. The zero-order valence-electron chi connectivity index (χ0n) is 11.0. The molecule has 0 bridgehead atoms. The van der Waals surface area contributed by atoms with Gasteiger partial charge in [0.15, 0.2) is 0 Å². The maximum Gasteiger partial charge on any atom is 0.253 e. The fourth-order valence-corrected chi connectivity index (χ4v) is 1.98. The molecule has 19 heavy (non-hydrogen) atoms. The molecule has 0 spiro atoms. The molecule has 0 aliphatic heterocycles. The van der Waals surface area contributed by atoms with E-state index in [1.54, 1.807) is 0 Å². The topological polar surface area (TPSA) is 51.1 Å². The molecule has 2 rings (SSSR count). The molecule has 1 N–H and O–H groups in total. The maximum absolute atomic E-state index is 13.3. The van der Waals surface area contributed by atoms with Crippen LogP contribution in [0.1, 0.15) is 35.9 Å². The SMILES string of the molecule is CC(=O)n1cc(C(=O)NC(C)C)c2cc(F)ccc21. The van der Waals surface area contributed by atoms with E-state index in [0.717, 1.165) is 0 Å². The van der Waals surface area contributed by atoms with Crippen LogP contribution in [0.3, 0.4) is 0 Å². The third-order valence-electron chi connectivity index (χ3n) is 2.77. The van der Waals surface area contributed by atoms with Crippen molar-refractivity contribution < 1.29 is 14.0 Å². The van der Waals surface area contributed by atoms with E-state index in [4.69, 9.17) is 0 Å². The van der Waals surface area contributed by atoms with E-state index < -0.39 is 5.82 Å². The zero-order valence-corrected chi connectivity index (χ0v) is 11.0. The van der Waals surface area contributed by atoms with Gasteiger partial charge < -0.3 is 5.32 Å². The van der Waals surface area contributed by atoms with Gasteiger partial charge in [0.2, 0.25) is 5.91 Å². The Morgan fingerprint density at radius 2 is 2.00 bits per heavy atom. The number of halogens is 1. The lowest BCUT2D eigenvalue weighted by molar-refractivity contribution is 0.0941. The van der Waals surface area contributed by atoms with Gasteiger partial charge in [-0.05, 0) is 32.0 Å². The minimum atomic E-state index is -0.438. The highest BCUT2D eigenvalue weighted by Gasteiger charge is 2.17. The third-order valence-corrected chi connectivity index (χ3v) is 2.77. The molecular formula is C14H15FN2O2. The quantitative estimate of drug-likeness (QED) is 0.904. The van der Waals surface area contributed by atoms with Crippen LogP contribution < -0.4 is 5.32 Å². The van der Waals surface area contributed by atoms with Crippen LogP contribution in [0.15, 0.2) is 24.4 Å². The number of rotatable bonds is 2. The van der Waals surface area contributed by atoms with E-state index in [-0.39, 0.29) is 17.9 Å². The molecule has 1 heterocycles. The van der Waals surface area contributed by atoms with E-state index in [9.17, 15) is 14.0 Å². The second-order valence-corrected chi connectivity index (χ2v) is 4.72. The summed E-state index contributed by atoms with van der Waals surface area (Å²) in [6, 6.07) is 4.01. The van der Waals surface area contributed by atoms with Gasteiger partial charge in [-0.25, -0.2) is 4.39 Å². The molecule has 4 nitrogen and oxygen atoms in total. The summed E-state index contributed by atoms with van der Waals surface area (Å²) in [4.78, 5) is 23.6. The van der Waals surface area contributed by atoms with Gasteiger partial charge in [0, 0.05) is 24.5 Å². The maximum atomic E-state index is 13.3. The lowest BCUT2D eigenvalue weighted by Gasteiger charge is -2.06. The zero-order chi connectivity index (χ0) is 14.2. The first-order chi connectivity index (χ1) is 8.90. The molecule has 0 aliphatic carbocycles. The standard InChI is InChI=1S/C14H15FN2O2/c1-8(2)16-14(19)12-7-17(9(3)18)13-5-4-10(15)6-11(12)13/h4-8H,1-3H3,(H,16,19). The van der Waals surface area contributed by atoms with E-state index >= 15 is 0 Å². The number of nitrogens with zero attached hydrogens (tertiary/aromatic N) is 1. The molecule has 1 aromatic heterocycles. The molecule has 1 amide bonds. The molecule has 0 aliphatic rings.